The van der Waals surface area contributed by atoms with E-state index in [1.807, 2.05) is 26.0 Å². The Bertz CT molecular complexity index is 749. The van der Waals surface area contributed by atoms with Gasteiger partial charge in [0, 0.05) is 32.3 Å². The minimum atomic E-state index is 0.381. The first kappa shape index (κ1) is 18.7. The molecule has 6 heteroatoms. The molecule has 0 atom stereocenters. The Kier molecular flexibility index (Phi) is 5.84. The molecule has 1 aliphatic rings. The van der Waals surface area contributed by atoms with E-state index in [4.69, 9.17) is 23.6 Å². The van der Waals surface area contributed by atoms with Crippen molar-refractivity contribution in [1.82, 2.24) is 9.88 Å². The van der Waals surface area contributed by atoms with Crippen molar-refractivity contribution in [2.75, 3.05) is 34.4 Å². The third-order valence-corrected chi connectivity index (χ3v) is 5.14. The Morgan fingerprint density at radius 3 is 2.46 bits per heavy atom. The molecule has 0 N–H and O–H groups in total. The molecule has 3 rings (SSSR count). The highest BCUT2D eigenvalue weighted by molar-refractivity contribution is 5.68. The molecule has 1 aromatic carbocycles. The van der Waals surface area contributed by atoms with Gasteiger partial charge in [0.2, 0.25) is 5.89 Å². The first-order valence-corrected chi connectivity index (χ1v) is 9.00. The summed E-state index contributed by atoms with van der Waals surface area (Å²) in [4.78, 5) is 7.16. The first-order valence-electron chi connectivity index (χ1n) is 9.00. The van der Waals surface area contributed by atoms with Gasteiger partial charge < -0.3 is 18.6 Å². The number of oxazole rings is 1. The van der Waals surface area contributed by atoms with E-state index < -0.39 is 0 Å². The molecule has 142 valence electrons. The van der Waals surface area contributed by atoms with Gasteiger partial charge in [0.05, 0.1) is 31.6 Å². The second-order valence-corrected chi connectivity index (χ2v) is 6.71. The van der Waals surface area contributed by atoms with Crippen LogP contribution in [0.15, 0.2) is 16.5 Å². The molecule has 1 aromatic heterocycles. The van der Waals surface area contributed by atoms with Gasteiger partial charge in [0.1, 0.15) is 17.3 Å². The van der Waals surface area contributed by atoms with Gasteiger partial charge in [-0.1, -0.05) is 0 Å². The predicted octanol–water partition coefficient (Wildman–Crippen LogP) is 3.59. The van der Waals surface area contributed by atoms with E-state index >= 15 is 0 Å². The third kappa shape index (κ3) is 3.71. The summed E-state index contributed by atoms with van der Waals surface area (Å²) in [5, 5.41) is 0. The van der Waals surface area contributed by atoms with Crippen LogP contribution in [-0.4, -0.2) is 50.4 Å². The third-order valence-electron chi connectivity index (χ3n) is 5.14. The monoisotopic (exact) mass is 360 g/mol. The molecule has 1 aliphatic heterocycles. The lowest BCUT2D eigenvalue weighted by molar-refractivity contribution is 0.0384. The van der Waals surface area contributed by atoms with Crippen LogP contribution in [-0.2, 0) is 11.3 Å². The van der Waals surface area contributed by atoms with Crippen LogP contribution in [0.2, 0.25) is 0 Å². The molecule has 0 spiro atoms. The molecule has 0 bridgehead atoms. The number of aromatic nitrogens is 1. The SMILES string of the molecule is COc1ccc(-c2nc(CN3CCC(OC)CC3)c(C)o2)c(OC)c1C. The zero-order valence-corrected chi connectivity index (χ0v) is 16.3. The van der Waals surface area contributed by atoms with Crippen molar-refractivity contribution in [3.8, 4) is 23.0 Å². The quantitative estimate of drug-likeness (QED) is 0.785. The van der Waals surface area contributed by atoms with Crippen LogP contribution < -0.4 is 9.47 Å². The van der Waals surface area contributed by atoms with Crippen molar-refractivity contribution < 1.29 is 18.6 Å². The van der Waals surface area contributed by atoms with Crippen LogP contribution in [0, 0.1) is 13.8 Å². The summed E-state index contributed by atoms with van der Waals surface area (Å²) in [7, 11) is 5.10. The highest BCUT2D eigenvalue weighted by Gasteiger charge is 2.23. The molecule has 2 heterocycles. The molecule has 2 aromatic rings. The highest BCUT2D eigenvalue weighted by Crippen LogP contribution is 2.38. The molecule has 1 fully saturated rings. The van der Waals surface area contributed by atoms with Crippen LogP contribution >= 0.6 is 0 Å². The summed E-state index contributed by atoms with van der Waals surface area (Å²) in [5.41, 5.74) is 2.76. The number of ether oxygens (including phenoxy) is 3. The summed E-state index contributed by atoms with van der Waals surface area (Å²) in [6, 6.07) is 3.85. The zero-order chi connectivity index (χ0) is 18.7. The second kappa shape index (κ2) is 8.10. The lowest BCUT2D eigenvalue weighted by Crippen LogP contribution is -2.36. The number of piperidine rings is 1. The number of hydrogen-bond donors (Lipinski definition) is 0. The van der Waals surface area contributed by atoms with Crippen LogP contribution in [0.1, 0.15) is 29.9 Å². The molecule has 0 radical (unpaired) electrons. The van der Waals surface area contributed by atoms with E-state index in [0.29, 0.717) is 12.0 Å². The predicted molar refractivity (Wildman–Crippen MR) is 99.8 cm³/mol. The first-order chi connectivity index (χ1) is 12.6. The van der Waals surface area contributed by atoms with Gasteiger partial charge in [-0.15, -0.1) is 0 Å². The van der Waals surface area contributed by atoms with Gasteiger partial charge in [-0.05, 0) is 38.8 Å². The number of nitrogens with zero attached hydrogens (tertiary/aromatic N) is 2. The van der Waals surface area contributed by atoms with Crippen molar-refractivity contribution in [2.24, 2.45) is 0 Å². The number of methoxy groups -OCH3 is 3. The van der Waals surface area contributed by atoms with Gasteiger partial charge in [-0.3, -0.25) is 4.90 Å². The number of rotatable bonds is 6. The summed E-state index contributed by atoms with van der Waals surface area (Å²) in [5.74, 6) is 2.96. The average molecular weight is 360 g/mol. The topological polar surface area (TPSA) is 57.0 Å². The normalized spacial score (nSPS) is 16.0. The van der Waals surface area contributed by atoms with E-state index in [1.54, 1.807) is 21.3 Å². The van der Waals surface area contributed by atoms with Gasteiger partial charge in [0.15, 0.2) is 0 Å². The van der Waals surface area contributed by atoms with Crippen LogP contribution in [0.25, 0.3) is 11.5 Å². The van der Waals surface area contributed by atoms with Gasteiger partial charge >= 0.3 is 0 Å². The maximum Gasteiger partial charge on any atom is 0.230 e. The van der Waals surface area contributed by atoms with Crippen LogP contribution in [0.4, 0.5) is 0 Å². The minimum absolute atomic E-state index is 0.381. The van der Waals surface area contributed by atoms with E-state index in [1.165, 1.54) is 0 Å². The lowest BCUT2D eigenvalue weighted by Gasteiger charge is -2.30. The Morgan fingerprint density at radius 2 is 1.85 bits per heavy atom. The molecular formula is C20H28N2O4. The van der Waals surface area contributed by atoms with Gasteiger partial charge in [-0.2, -0.15) is 0 Å². The number of likely N-dealkylation sites (tertiary alicyclic amines) is 1. The van der Waals surface area contributed by atoms with Crippen molar-refractivity contribution in [3.63, 3.8) is 0 Å². The molecule has 1 saturated heterocycles. The van der Waals surface area contributed by atoms with E-state index in [0.717, 1.165) is 66.6 Å². The van der Waals surface area contributed by atoms with Crippen molar-refractivity contribution in [3.05, 3.63) is 29.2 Å². The van der Waals surface area contributed by atoms with Gasteiger partial charge in [-0.25, -0.2) is 4.98 Å². The van der Waals surface area contributed by atoms with Crippen molar-refractivity contribution >= 4 is 0 Å². The van der Waals surface area contributed by atoms with E-state index in [-0.39, 0.29) is 0 Å². The largest absolute Gasteiger partial charge is 0.496 e. The van der Waals surface area contributed by atoms with Gasteiger partial charge in [0.25, 0.3) is 0 Å². The summed E-state index contributed by atoms with van der Waals surface area (Å²) < 4.78 is 22.4. The minimum Gasteiger partial charge on any atom is -0.496 e. The molecule has 26 heavy (non-hydrogen) atoms. The molecule has 0 aliphatic carbocycles. The van der Waals surface area contributed by atoms with E-state index in [2.05, 4.69) is 4.90 Å². The van der Waals surface area contributed by atoms with Crippen LogP contribution in [0.3, 0.4) is 0 Å². The van der Waals surface area contributed by atoms with Crippen molar-refractivity contribution in [1.29, 1.82) is 0 Å². The molecule has 0 amide bonds. The highest BCUT2D eigenvalue weighted by atomic mass is 16.5. The lowest BCUT2D eigenvalue weighted by atomic mass is 10.1. The fourth-order valence-electron chi connectivity index (χ4n) is 3.53. The molecular weight excluding hydrogens is 332 g/mol. The van der Waals surface area contributed by atoms with Crippen molar-refractivity contribution in [2.45, 2.75) is 39.3 Å². The smallest absolute Gasteiger partial charge is 0.230 e. The standard InChI is InChI=1S/C20H28N2O4/c1-13-18(24-4)7-6-16(19(13)25-5)20-21-17(14(2)26-20)12-22-10-8-15(23-3)9-11-22/h6-7,15H,8-12H2,1-5H3. The summed E-state index contributed by atoms with van der Waals surface area (Å²) in [6.45, 7) is 6.77. The fourth-order valence-corrected chi connectivity index (χ4v) is 3.53. The zero-order valence-electron chi connectivity index (χ0n) is 16.3. The fraction of sp³-hybridized carbons (Fsp3) is 0.550. The number of aryl methyl sites for hydroxylation is 1. The maximum atomic E-state index is 5.97. The number of hydrogen-bond acceptors (Lipinski definition) is 6. The number of benzene rings is 1. The Hall–Kier alpha value is -2.05. The van der Waals surface area contributed by atoms with E-state index in [9.17, 15) is 0 Å². The molecule has 6 nitrogen and oxygen atoms in total. The Morgan fingerprint density at radius 1 is 1.12 bits per heavy atom. The Balaban J connectivity index is 1.81. The maximum absolute atomic E-state index is 5.97. The summed E-state index contributed by atoms with van der Waals surface area (Å²) in [6.07, 6.45) is 2.50. The van der Waals surface area contributed by atoms with Crippen LogP contribution in [0.5, 0.6) is 11.5 Å². The average Bonchev–Trinajstić information content (AvgIpc) is 3.02. The summed E-state index contributed by atoms with van der Waals surface area (Å²) >= 11 is 0. The molecule has 0 unspecified atom stereocenters. The second-order valence-electron chi connectivity index (χ2n) is 6.71. The Labute approximate surface area is 155 Å². The molecule has 0 saturated carbocycles.